The monoisotopic (exact) mass is 307 g/mol. The van der Waals surface area contributed by atoms with E-state index in [2.05, 4.69) is 15.2 Å². The lowest BCUT2D eigenvalue weighted by Gasteiger charge is -2.16. The molecular weight excluding hydrogens is 282 g/mol. The number of nitrogens with zero attached hydrogens (tertiary/aromatic N) is 1. The summed E-state index contributed by atoms with van der Waals surface area (Å²) in [5.41, 5.74) is 0.884. The van der Waals surface area contributed by atoms with Gasteiger partial charge in [-0.1, -0.05) is 0 Å². The first-order valence-corrected chi connectivity index (χ1v) is 7.79. The third kappa shape index (κ3) is 4.96. The van der Waals surface area contributed by atoms with E-state index in [4.69, 9.17) is 4.74 Å². The quantitative estimate of drug-likeness (QED) is 0.730. The van der Waals surface area contributed by atoms with E-state index >= 15 is 0 Å². The SMILES string of the molecule is COCCCN1CC[C@H](CNC(=O)c2cc(=O)cc(C)[nH]2)C1. The second-order valence-corrected chi connectivity index (χ2v) is 5.92. The number of likely N-dealkylation sites (tertiary alicyclic amines) is 1. The van der Waals surface area contributed by atoms with Crippen LogP contribution in [0.4, 0.5) is 0 Å². The third-order valence-corrected chi connectivity index (χ3v) is 3.97. The maximum atomic E-state index is 12.1. The highest BCUT2D eigenvalue weighted by atomic mass is 16.5. The van der Waals surface area contributed by atoms with Gasteiger partial charge in [0.2, 0.25) is 0 Å². The zero-order valence-electron chi connectivity index (χ0n) is 13.4. The Balaban J connectivity index is 1.76. The molecule has 122 valence electrons. The van der Waals surface area contributed by atoms with E-state index in [0.717, 1.165) is 39.1 Å². The van der Waals surface area contributed by atoms with Crippen LogP contribution < -0.4 is 10.7 Å². The molecule has 1 atom stereocenters. The lowest BCUT2D eigenvalue weighted by molar-refractivity contribution is 0.0942. The minimum atomic E-state index is -0.210. The number of aryl methyl sites for hydroxylation is 1. The van der Waals surface area contributed by atoms with Gasteiger partial charge in [-0.3, -0.25) is 9.59 Å². The van der Waals surface area contributed by atoms with Crippen LogP contribution in [0.2, 0.25) is 0 Å². The Morgan fingerprint density at radius 3 is 3.05 bits per heavy atom. The van der Waals surface area contributed by atoms with Gasteiger partial charge in [-0.05, 0) is 32.2 Å². The molecule has 0 spiro atoms. The zero-order chi connectivity index (χ0) is 15.9. The minimum Gasteiger partial charge on any atom is -0.385 e. The Morgan fingerprint density at radius 1 is 1.50 bits per heavy atom. The van der Waals surface area contributed by atoms with Gasteiger partial charge in [0.15, 0.2) is 5.43 Å². The first kappa shape index (κ1) is 16.7. The molecule has 1 aromatic heterocycles. The molecule has 0 aromatic carbocycles. The summed E-state index contributed by atoms with van der Waals surface area (Å²) >= 11 is 0. The van der Waals surface area contributed by atoms with E-state index in [1.165, 1.54) is 12.1 Å². The fourth-order valence-electron chi connectivity index (χ4n) is 2.85. The van der Waals surface area contributed by atoms with Crippen LogP contribution in [0.3, 0.4) is 0 Å². The van der Waals surface area contributed by atoms with E-state index < -0.39 is 0 Å². The van der Waals surface area contributed by atoms with Crippen molar-refractivity contribution in [3.8, 4) is 0 Å². The van der Waals surface area contributed by atoms with Gasteiger partial charge >= 0.3 is 0 Å². The predicted octanol–water partition coefficient (Wildman–Crippen LogP) is 0.772. The van der Waals surface area contributed by atoms with Crippen LogP contribution in [0.25, 0.3) is 0 Å². The maximum Gasteiger partial charge on any atom is 0.267 e. The Kier molecular flexibility index (Phi) is 6.15. The second-order valence-electron chi connectivity index (χ2n) is 5.92. The maximum absolute atomic E-state index is 12.1. The summed E-state index contributed by atoms with van der Waals surface area (Å²) < 4.78 is 5.06. The van der Waals surface area contributed by atoms with Crippen molar-refractivity contribution in [2.24, 2.45) is 5.92 Å². The number of carbonyl (C=O) groups is 1. The topological polar surface area (TPSA) is 74.4 Å². The molecule has 0 unspecified atom stereocenters. The fourth-order valence-corrected chi connectivity index (χ4v) is 2.85. The van der Waals surface area contributed by atoms with Crippen molar-refractivity contribution < 1.29 is 9.53 Å². The van der Waals surface area contributed by atoms with Gasteiger partial charge in [0.25, 0.3) is 5.91 Å². The number of nitrogens with one attached hydrogen (secondary N) is 2. The number of methoxy groups -OCH3 is 1. The van der Waals surface area contributed by atoms with Crippen LogP contribution in [0, 0.1) is 12.8 Å². The smallest absolute Gasteiger partial charge is 0.267 e. The normalized spacial score (nSPS) is 18.5. The average molecular weight is 307 g/mol. The molecule has 2 N–H and O–H groups in total. The number of pyridine rings is 1. The molecule has 22 heavy (non-hydrogen) atoms. The van der Waals surface area contributed by atoms with Gasteiger partial charge in [-0.2, -0.15) is 0 Å². The second kappa shape index (κ2) is 8.10. The Bertz CT molecular complexity index is 556. The molecule has 1 amide bonds. The highest BCUT2D eigenvalue weighted by Crippen LogP contribution is 2.15. The lowest BCUT2D eigenvalue weighted by atomic mass is 10.1. The summed E-state index contributed by atoms with van der Waals surface area (Å²) in [7, 11) is 1.72. The molecular formula is C16H25N3O3. The summed E-state index contributed by atoms with van der Waals surface area (Å²) in [5, 5.41) is 2.92. The van der Waals surface area contributed by atoms with Crippen LogP contribution >= 0.6 is 0 Å². The molecule has 1 aliphatic rings. The number of hydrogen-bond donors (Lipinski definition) is 2. The molecule has 2 rings (SSSR count). The number of ether oxygens (including phenoxy) is 1. The van der Waals surface area contributed by atoms with Crippen LogP contribution in [0.15, 0.2) is 16.9 Å². The van der Waals surface area contributed by atoms with Crippen LogP contribution in [0.1, 0.15) is 29.0 Å². The number of aromatic amines is 1. The van der Waals surface area contributed by atoms with Crippen molar-refractivity contribution in [1.29, 1.82) is 0 Å². The number of rotatable bonds is 7. The summed E-state index contributed by atoms with van der Waals surface area (Å²) in [6.07, 6.45) is 2.14. The third-order valence-electron chi connectivity index (χ3n) is 3.97. The zero-order valence-corrected chi connectivity index (χ0v) is 13.4. The molecule has 1 fully saturated rings. The van der Waals surface area contributed by atoms with Gasteiger partial charge < -0.3 is 19.9 Å². The largest absolute Gasteiger partial charge is 0.385 e. The van der Waals surface area contributed by atoms with E-state index in [1.807, 2.05) is 0 Å². The van der Waals surface area contributed by atoms with Crippen molar-refractivity contribution in [2.45, 2.75) is 19.8 Å². The number of amides is 1. The van der Waals surface area contributed by atoms with Crippen LogP contribution in [-0.4, -0.2) is 55.7 Å². The van der Waals surface area contributed by atoms with Crippen molar-refractivity contribution in [2.75, 3.05) is 39.9 Å². The summed E-state index contributed by atoms with van der Waals surface area (Å²) in [6.45, 7) is 6.34. The van der Waals surface area contributed by atoms with Gasteiger partial charge in [0, 0.05) is 51.2 Å². The van der Waals surface area contributed by atoms with Crippen molar-refractivity contribution in [1.82, 2.24) is 15.2 Å². The van der Waals surface area contributed by atoms with Crippen molar-refractivity contribution in [3.63, 3.8) is 0 Å². The molecule has 1 aromatic rings. The van der Waals surface area contributed by atoms with Gasteiger partial charge in [-0.25, -0.2) is 0 Å². The van der Waals surface area contributed by atoms with E-state index in [9.17, 15) is 9.59 Å². The van der Waals surface area contributed by atoms with Crippen LogP contribution in [0.5, 0.6) is 0 Å². The summed E-state index contributed by atoms with van der Waals surface area (Å²) in [6, 6.07) is 2.82. The first-order valence-electron chi connectivity index (χ1n) is 7.79. The predicted molar refractivity (Wildman–Crippen MR) is 85.2 cm³/mol. The molecule has 0 radical (unpaired) electrons. The molecule has 0 aliphatic carbocycles. The van der Waals surface area contributed by atoms with Gasteiger partial charge in [0.05, 0.1) is 0 Å². The molecule has 0 bridgehead atoms. The van der Waals surface area contributed by atoms with E-state index in [1.54, 1.807) is 14.0 Å². The van der Waals surface area contributed by atoms with Gasteiger partial charge in [0.1, 0.15) is 5.69 Å². The Hall–Kier alpha value is -1.66. The highest BCUT2D eigenvalue weighted by Gasteiger charge is 2.22. The summed E-state index contributed by atoms with van der Waals surface area (Å²) in [4.78, 5) is 28.9. The van der Waals surface area contributed by atoms with Crippen molar-refractivity contribution >= 4 is 5.91 Å². The molecule has 1 saturated heterocycles. The van der Waals surface area contributed by atoms with Crippen molar-refractivity contribution in [3.05, 3.63) is 33.7 Å². The molecule has 6 heteroatoms. The fraction of sp³-hybridized carbons (Fsp3) is 0.625. The number of aromatic nitrogens is 1. The first-order chi connectivity index (χ1) is 10.6. The Morgan fingerprint density at radius 2 is 2.32 bits per heavy atom. The molecule has 0 saturated carbocycles. The molecule has 1 aliphatic heterocycles. The molecule has 2 heterocycles. The highest BCUT2D eigenvalue weighted by molar-refractivity contribution is 5.92. The lowest BCUT2D eigenvalue weighted by Crippen LogP contribution is -2.32. The number of hydrogen-bond acceptors (Lipinski definition) is 4. The van der Waals surface area contributed by atoms with E-state index in [-0.39, 0.29) is 11.3 Å². The summed E-state index contributed by atoms with van der Waals surface area (Å²) in [5.74, 6) is 0.265. The number of H-pyrrole nitrogens is 1. The van der Waals surface area contributed by atoms with E-state index in [0.29, 0.717) is 23.9 Å². The molecule has 6 nitrogen and oxygen atoms in total. The minimum absolute atomic E-state index is 0.147. The Labute approximate surface area is 130 Å². The van der Waals surface area contributed by atoms with Gasteiger partial charge in [-0.15, -0.1) is 0 Å². The van der Waals surface area contributed by atoms with Crippen LogP contribution in [-0.2, 0) is 4.74 Å². The average Bonchev–Trinajstić information content (AvgIpc) is 2.92. The standard InChI is InChI=1S/C16H25N3O3/c1-12-8-14(20)9-15(18-12)16(21)17-10-13-4-6-19(11-13)5-3-7-22-2/h8-9,13H,3-7,10-11H2,1-2H3,(H,17,21)(H,18,20)/t13-/m1/s1. The number of carbonyl (C=O) groups excluding carboxylic acids is 1.